The van der Waals surface area contributed by atoms with E-state index in [9.17, 15) is 4.79 Å². The van der Waals surface area contributed by atoms with Crippen LogP contribution in [0.5, 0.6) is 0 Å². The number of amides is 1. The molecule has 0 saturated carbocycles. The number of nitrogens with two attached hydrogens (primary N) is 1. The lowest BCUT2D eigenvalue weighted by Crippen LogP contribution is -2.53. The minimum Gasteiger partial charge on any atom is -0.368 e. The zero-order chi connectivity index (χ0) is 15.0. The molecule has 0 radical (unpaired) electrons. The van der Waals surface area contributed by atoms with Crippen molar-refractivity contribution in [1.82, 2.24) is 5.32 Å². The number of rotatable bonds is 9. The molecular weight excluding hydrogens is 268 g/mol. The van der Waals surface area contributed by atoms with Gasteiger partial charge in [0.15, 0.2) is 0 Å². The van der Waals surface area contributed by atoms with E-state index in [1.54, 1.807) is 0 Å². The molecule has 1 atom stereocenters. The summed E-state index contributed by atoms with van der Waals surface area (Å²) in [6.45, 7) is 6.90. The third kappa shape index (κ3) is 5.55. The van der Waals surface area contributed by atoms with Crippen molar-refractivity contribution in [1.29, 1.82) is 0 Å². The van der Waals surface area contributed by atoms with Crippen molar-refractivity contribution >= 4 is 17.7 Å². The first-order valence-corrected chi connectivity index (χ1v) is 8.21. The van der Waals surface area contributed by atoms with Gasteiger partial charge in [-0.1, -0.05) is 24.6 Å². The molecule has 0 aliphatic carbocycles. The van der Waals surface area contributed by atoms with Crippen LogP contribution in [0, 0.1) is 6.92 Å². The van der Waals surface area contributed by atoms with Gasteiger partial charge >= 0.3 is 0 Å². The largest absolute Gasteiger partial charge is 0.368 e. The normalized spacial score (nSPS) is 13.9. The van der Waals surface area contributed by atoms with E-state index in [-0.39, 0.29) is 5.91 Å². The van der Waals surface area contributed by atoms with Crippen LogP contribution in [-0.4, -0.2) is 23.7 Å². The van der Waals surface area contributed by atoms with Gasteiger partial charge in [0.2, 0.25) is 5.91 Å². The van der Waals surface area contributed by atoms with Gasteiger partial charge in [-0.05, 0) is 57.5 Å². The topological polar surface area (TPSA) is 55.1 Å². The van der Waals surface area contributed by atoms with Crippen LogP contribution >= 0.6 is 11.8 Å². The summed E-state index contributed by atoms with van der Waals surface area (Å²) in [5.74, 6) is 0.742. The molecule has 1 aromatic carbocycles. The Labute approximate surface area is 126 Å². The predicted molar refractivity (Wildman–Crippen MR) is 87.0 cm³/mol. The molecule has 1 amide bonds. The van der Waals surface area contributed by atoms with Gasteiger partial charge in [-0.15, -0.1) is 11.8 Å². The fourth-order valence-electron chi connectivity index (χ4n) is 1.95. The van der Waals surface area contributed by atoms with Crippen LogP contribution in [0.4, 0.5) is 0 Å². The van der Waals surface area contributed by atoms with E-state index >= 15 is 0 Å². The summed E-state index contributed by atoms with van der Waals surface area (Å²) in [5, 5.41) is 3.27. The van der Waals surface area contributed by atoms with E-state index in [2.05, 4.69) is 43.4 Å². The Morgan fingerprint density at radius 1 is 1.35 bits per heavy atom. The van der Waals surface area contributed by atoms with Crippen LogP contribution < -0.4 is 11.1 Å². The molecule has 0 saturated heterocycles. The first-order valence-electron chi connectivity index (χ1n) is 7.22. The number of benzene rings is 1. The van der Waals surface area contributed by atoms with Gasteiger partial charge in [0.25, 0.3) is 0 Å². The van der Waals surface area contributed by atoms with E-state index in [1.165, 1.54) is 10.5 Å². The Bertz CT molecular complexity index is 419. The van der Waals surface area contributed by atoms with Crippen molar-refractivity contribution in [3.05, 3.63) is 29.8 Å². The molecule has 20 heavy (non-hydrogen) atoms. The Balaban J connectivity index is 2.37. The molecule has 0 aliphatic heterocycles. The van der Waals surface area contributed by atoms with Crippen molar-refractivity contribution < 1.29 is 4.79 Å². The molecule has 0 fully saturated rings. The summed E-state index contributed by atoms with van der Waals surface area (Å²) in [5.41, 5.74) is 6.21. The van der Waals surface area contributed by atoms with E-state index in [0.29, 0.717) is 0 Å². The van der Waals surface area contributed by atoms with Gasteiger partial charge in [0.1, 0.15) is 0 Å². The third-order valence-corrected chi connectivity index (χ3v) is 4.52. The lowest BCUT2D eigenvalue weighted by atomic mass is 9.95. The number of primary amides is 1. The summed E-state index contributed by atoms with van der Waals surface area (Å²) in [4.78, 5) is 12.9. The lowest BCUT2D eigenvalue weighted by molar-refractivity contribution is -0.124. The van der Waals surface area contributed by atoms with E-state index in [0.717, 1.165) is 31.6 Å². The highest BCUT2D eigenvalue weighted by Crippen LogP contribution is 2.21. The van der Waals surface area contributed by atoms with Gasteiger partial charge in [-0.25, -0.2) is 0 Å². The number of hydrogen-bond donors (Lipinski definition) is 2. The van der Waals surface area contributed by atoms with Crippen molar-refractivity contribution in [2.45, 2.75) is 50.5 Å². The van der Waals surface area contributed by atoms with Gasteiger partial charge in [-0.2, -0.15) is 0 Å². The Morgan fingerprint density at radius 2 is 2.00 bits per heavy atom. The smallest absolute Gasteiger partial charge is 0.237 e. The second kappa shape index (κ2) is 8.32. The van der Waals surface area contributed by atoms with Gasteiger partial charge in [-0.3, -0.25) is 4.79 Å². The number of nitrogens with one attached hydrogen (secondary N) is 1. The average molecular weight is 294 g/mol. The SMILES string of the molecule is CCCNC(C)(CCCSc1ccc(C)cc1)C(N)=O. The predicted octanol–water partition coefficient (Wildman–Crippen LogP) is 3.11. The minimum atomic E-state index is -0.580. The minimum absolute atomic E-state index is 0.258. The maximum atomic E-state index is 11.6. The van der Waals surface area contributed by atoms with Crippen LogP contribution in [0.3, 0.4) is 0 Å². The summed E-state index contributed by atoms with van der Waals surface area (Å²) >= 11 is 1.83. The summed E-state index contributed by atoms with van der Waals surface area (Å²) in [6, 6.07) is 8.53. The second-order valence-electron chi connectivity index (χ2n) is 5.39. The van der Waals surface area contributed by atoms with Crippen LogP contribution in [0.1, 0.15) is 38.7 Å². The van der Waals surface area contributed by atoms with E-state index in [4.69, 9.17) is 5.73 Å². The standard InChI is InChI=1S/C16H26N2OS/c1-4-11-18-16(3,15(17)19)10-5-12-20-14-8-6-13(2)7-9-14/h6-9,18H,4-5,10-12H2,1-3H3,(H2,17,19). The first kappa shape index (κ1) is 17.1. The zero-order valence-electron chi connectivity index (χ0n) is 12.7. The molecule has 0 bridgehead atoms. The number of aryl methyl sites for hydroxylation is 1. The quantitative estimate of drug-likeness (QED) is 0.543. The van der Waals surface area contributed by atoms with Crippen LogP contribution in [-0.2, 0) is 4.79 Å². The van der Waals surface area contributed by atoms with Crippen molar-refractivity contribution in [2.75, 3.05) is 12.3 Å². The maximum Gasteiger partial charge on any atom is 0.237 e. The molecule has 0 spiro atoms. The Hall–Kier alpha value is -1.00. The fourth-order valence-corrected chi connectivity index (χ4v) is 2.80. The highest BCUT2D eigenvalue weighted by Gasteiger charge is 2.29. The van der Waals surface area contributed by atoms with Gasteiger partial charge < -0.3 is 11.1 Å². The molecule has 1 aromatic rings. The van der Waals surface area contributed by atoms with Gasteiger partial charge in [0.05, 0.1) is 5.54 Å². The van der Waals surface area contributed by atoms with Crippen molar-refractivity contribution in [3.63, 3.8) is 0 Å². The lowest BCUT2D eigenvalue weighted by Gasteiger charge is -2.27. The number of thioether (sulfide) groups is 1. The summed E-state index contributed by atoms with van der Waals surface area (Å²) < 4.78 is 0. The zero-order valence-corrected chi connectivity index (χ0v) is 13.6. The van der Waals surface area contributed by atoms with E-state index < -0.39 is 5.54 Å². The molecule has 3 N–H and O–H groups in total. The van der Waals surface area contributed by atoms with Crippen LogP contribution in [0.2, 0.25) is 0 Å². The number of hydrogen-bond acceptors (Lipinski definition) is 3. The van der Waals surface area contributed by atoms with Crippen molar-refractivity contribution in [2.24, 2.45) is 5.73 Å². The molecule has 0 aromatic heterocycles. The highest BCUT2D eigenvalue weighted by atomic mass is 32.2. The molecule has 0 aliphatic rings. The summed E-state index contributed by atoms with van der Waals surface area (Å²) in [7, 11) is 0. The van der Waals surface area contributed by atoms with Crippen LogP contribution in [0.15, 0.2) is 29.2 Å². The molecular formula is C16H26N2OS. The third-order valence-electron chi connectivity index (χ3n) is 3.42. The molecule has 3 nitrogen and oxygen atoms in total. The van der Waals surface area contributed by atoms with Crippen LogP contribution in [0.25, 0.3) is 0 Å². The fraction of sp³-hybridized carbons (Fsp3) is 0.562. The molecule has 1 rings (SSSR count). The molecule has 112 valence electrons. The number of carbonyl (C=O) groups is 1. The highest BCUT2D eigenvalue weighted by molar-refractivity contribution is 7.99. The van der Waals surface area contributed by atoms with Gasteiger partial charge in [0, 0.05) is 4.90 Å². The van der Waals surface area contributed by atoms with E-state index in [1.807, 2.05) is 18.7 Å². The number of carbonyl (C=O) groups excluding carboxylic acids is 1. The average Bonchev–Trinajstić information content (AvgIpc) is 2.43. The Morgan fingerprint density at radius 3 is 2.55 bits per heavy atom. The Kier molecular flexibility index (Phi) is 7.10. The molecule has 4 heteroatoms. The molecule has 1 unspecified atom stereocenters. The maximum absolute atomic E-state index is 11.6. The first-order chi connectivity index (χ1) is 9.48. The monoisotopic (exact) mass is 294 g/mol. The molecule has 0 heterocycles. The second-order valence-corrected chi connectivity index (χ2v) is 6.56. The summed E-state index contributed by atoms with van der Waals surface area (Å²) in [6.07, 6.45) is 2.75. The van der Waals surface area contributed by atoms with Crippen molar-refractivity contribution in [3.8, 4) is 0 Å².